The molecule has 17 heavy (non-hydrogen) atoms. The van der Waals surface area contributed by atoms with Crippen molar-refractivity contribution in [2.24, 2.45) is 0 Å². The average Bonchev–Trinajstić information content (AvgIpc) is 2.29. The fourth-order valence-electron chi connectivity index (χ4n) is 1.31. The van der Waals surface area contributed by atoms with E-state index in [2.05, 4.69) is 5.32 Å². The van der Waals surface area contributed by atoms with Gasteiger partial charge in [0, 0.05) is 10.7 Å². The highest BCUT2D eigenvalue weighted by molar-refractivity contribution is 6.44. The number of benzene rings is 2. The lowest BCUT2D eigenvalue weighted by atomic mass is 10.2. The van der Waals surface area contributed by atoms with Gasteiger partial charge in [-0.3, -0.25) is 0 Å². The van der Waals surface area contributed by atoms with Gasteiger partial charge in [0.25, 0.3) is 0 Å². The normalized spacial score (nSPS) is 10.4. The van der Waals surface area contributed by atoms with E-state index in [1.807, 2.05) is 12.1 Å². The van der Waals surface area contributed by atoms with Crippen molar-refractivity contribution >= 4 is 57.8 Å². The zero-order valence-corrected chi connectivity index (χ0v) is 11.5. The summed E-state index contributed by atoms with van der Waals surface area (Å²) in [5, 5.41) is 5.20. The van der Waals surface area contributed by atoms with Crippen molar-refractivity contribution in [3.63, 3.8) is 0 Å². The fourth-order valence-corrected chi connectivity index (χ4v) is 2.03. The van der Waals surface area contributed by atoms with E-state index in [1.165, 1.54) is 0 Å². The Morgan fingerprint density at radius 2 is 1.29 bits per heavy atom. The molecule has 0 aliphatic rings. The van der Waals surface area contributed by atoms with E-state index in [1.54, 1.807) is 24.3 Å². The first-order valence-corrected chi connectivity index (χ1v) is 6.24. The highest BCUT2D eigenvalue weighted by atomic mass is 35.5. The minimum atomic E-state index is 0.429. The summed E-state index contributed by atoms with van der Waals surface area (Å²) in [6.45, 7) is 0. The van der Waals surface area contributed by atoms with E-state index in [0.29, 0.717) is 25.8 Å². The minimum absolute atomic E-state index is 0.429. The first-order valence-electron chi connectivity index (χ1n) is 4.73. The third kappa shape index (κ3) is 3.20. The second-order valence-electron chi connectivity index (χ2n) is 3.38. The van der Waals surface area contributed by atoms with E-state index in [-0.39, 0.29) is 0 Å². The molecule has 0 unspecified atom stereocenters. The Balaban J connectivity index is 2.30. The lowest BCUT2D eigenvalue weighted by Gasteiger charge is -2.09. The SMILES string of the molecule is Clc1ccc(Nc2cc(Cl)c(Cl)cc2Cl)cc1. The van der Waals surface area contributed by atoms with Gasteiger partial charge in [0.1, 0.15) is 0 Å². The van der Waals surface area contributed by atoms with Crippen LogP contribution in [0.3, 0.4) is 0 Å². The molecule has 5 heteroatoms. The molecule has 2 aromatic rings. The van der Waals surface area contributed by atoms with Crippen molar-refractivity contribution in [3.8, 4) is 0 Å². The van der Waals surface area contributed by atoms with Gasteiger partial charge in [0.15, 0.2) is 0 Å². The smallest absolute Gasteiger partial charge is 0.0656 e. The largest absolute Gasteiger partial charge is 0.354 e. The van der Waals surface area contributed by atoms with Crippen molar-refractivity contribution in [1.82, 2.24) is 0 Å². The maximum Gasteiger partial charge on any atom is 0.0656 e. The minimum Gasteiger partial charge on any atom is -0.354 e. The second-order valence-corrected chi connectivity index (χ2v) is 5.04. The molecular formula is C12H7Cl4N. The molecule has 2 rings (SSSR count). The Morgan fingerprint density at radius 3 is 1.94 bits per heavy atom. The van der Waals surface area contributed by atoms with Gasteiger partial charge in [-0.2, -0.15) is 0 Å². The quantitative estimate of drug-likeness (QED) is 0.666. The van der Waals surface area contributed by atoms with E-state index in [0.717, 1.165) is 5.69 Å². The van der Waals surface area contributed by atoms with Crippen LogP contribution in [-0.4, -0.2) is 0 Å². The summed E-state index contributed by atoms with van der Waals surface area (Å²) in [4.78, 5) is 0. The lowest BCUT2D eigenvalue weighted by Crippen LogP contribution is -1.91. The van der Waals surface area contributed by atoms with Crippen molar-refractivity contribution in [2.45, 2.75) is 0 Å². The van der Waals surface area contributed by atoms with Crippen molar-refractivity contribution in [2.75, 3.05) is 5.32 Å². The monoisotopic (exact) mass is 305 g/mol. The van der Waals surface area contributed by atoms with Crippen LogP contribution in [0.2, 0.25) is 20.1 Å². The summed E-state index contributed by atoms with van der Waals surface area (Å²) in [7, 11) is 0. The highest BCUT2D eigenvalue weighted by Gasteiger charge is 2.06. The molecular weight excluding hydrogens is 300 g/mol. The van der Waals surface area contributed by atoms with Gasteiger partial charge in [0.05, 0.1) is 20.8 Å². The zero-order valence-electron chi connectivity index (χ0n) is 8.48. The second kappa shape index (κ2) is 5.36. The summed E-state index contributed by atoms with van der Waals surface area (Å²) in [6.07, 6.45) is 0. The van der Waals surface area contributed by atoms with Crippen LogP contribution in [0.1, 0.15) is 0 Å². The van der Waals surface area contributed by atoms with Gasteiger partial charge < -0.3 is 5.32 Å². The predicted molar refractivity (Wildman–Crippen MR) is 76.2 cm³/mol. The molecule has 0 radical (unpaired) electrons. The lowest BCUT2D eigenvalue weighted by molar-refractivity contribution is 1.55. The molecule has 0 amide bonds. The summed E-state index contributed by atoms with van der Waals surface area (Å²) in [5.74, 6) is 0. The molecule has 88 valence electrons. The molecule has 2 aromatic carbocycles. The Morgan fingerprint density at radius 1 is 0.706 bits per heavy atom. The third-order valence-corrected chi connectivity index (χ3v) is 3.42. The molecule has 0 heterocycles. The average molecular weight is 307 g/mol. The van der Waals surface area contributed by atoms with Gasteiger partial charge in [-0.15, -0.1) is 0 Å². The molecule has 0 fully saturated rings. The predicted octanol–water partition coefficient (Wildman–Crippen LogP) is 6.04. The van der Waals surface area contributed by atoms with Crippen molar-refractivity contribution in [3.05, 3.63) is 56.5 Å². The first-order chi connectivity index (χ1) is 8.06. The van der Waals surface area contributed by atoms with Gasteiger partial charge in [0.2, 0.25) is 0 Å². The van der Waals surface area contributed by atoms with Crippen LogP contribution in [0.5, 0.6) is 0 Å². The number of anilines is 2. The number of nitrogens with one attached hydrogen (secondary N) is 1. The number of halogens is 4. The standard InChI is InChI=1S/C12H7Cl4N/c13-7-1-3-8(4-2-7)17-12-6-10(15)9(14)5-11(12)16/h1-6,17H. The number of hydrogen-bond donors (Lipinski definition) is 1. The molecule has 1 nitrogen and oxygen atoms in total. The molecule has 0 atom stereocenters. The molecule has 0 aliphatic heterocycles. The van der Waals surface area contributed by atoms with E-state index < -0.39 is 0 Å². The van der Waals surface area contributed by atoms with E-state index >= 15 is 0 Å². The third-order valence-electron chi connectivity index (χ3n) is 2.13. The van der Waals surface area contributed by atoms with Crippen LogP contribution in [-0.2, 0) is 0 Å². The molecule has 0 saturated carbocycles. The first kappa shape index (κ1) is 12.8. The van der Waals surface area contributed by atoms with Crippen LogP contribution in [0.25, 0.3) is 0 Å². The maximum absolute atomic E-state index is 6.05. The van der Waals surface area contributed by atoms with Gasteiger partial charge >= 0.3 is 0 Å². The number of hydrogen-bond acceptors (Lipinski definition) is 1. The van der Waals surface area contributed by atoms with Crippen LogP contribution < -0.4 is 5.32 Å². The summed E-state index contributed by atoms with van der Waals surface area (Å²) < 4.78 is 0. The van der Waals surface area contributed by atoms with Gasteiger partial charge in [-0.1, -0.05) is 46.4 Å². The van der Waals surface area contributed by atoms with E-state index in [9.17, 15) is 0 Å². The molecule has 0 saturated heterocycles. The molecule has 0 aromatic heterocycles. The zero-order chi connectivity index (χ0) is 12.4. The van der Waals surface area contributed by atoms with Gasteiger partial charge in [-0.25, -0.2) is 0 Å². The Labute approximate surface area is 119 Å². The molecule has 0 aliphatic carbocycles. The Kier molecular flexibility index (Phi) is 4.05. The summed E-state index contributed by atoms with van der Waals surface area (Å²) in [5.41, 5.74) is 1.57. The fraction of sp³-hybridized carbons (Fsp3) is 0. The summed E-state index contributed by atoms with van der Waals surface area (Å²) >= 11 is 23.6. The van der Waals surface area contributed by atoms with E-state index in [4.69, 9.17) is 46.4 Å². The van der Waals surface area contributed by atoms with Crippen LogP contribution in [0.4, 0.5) is 11.4 Å². The summed E-state index contributed by atoms with van der Waals surface area (Å²) in [6, 6.07) is 10.6. The van der Waals surface area contributed by atoms with Crippen molar-refractivity contribution < 1.29 is 0 Å². The topological polar surface area (TPSA) is 12.0 Å². The maximum atomic E-state index is 6.05. The number of rotatable bonds is 2. The molecule has 0 bridgehead atoms. The highest BCUT2D eigenvalue weighted by Crippen LogP contribution is 2.33. The van der Waals surface area contributed by atoms with Crippen LogP contribution in [0, 0.1) is 0 Å². The Bertz CT molecular complexity index is 537. The molecule has 1 N–H and O–H groups in total. The van der Waals surface area contributed by atoms with Crippen LogP contribution >= 0.6 is 46.4 Å². The van der Waals surface area contributed by atoms with Gasteiger partial charge in [-0.05, 0) is 36.4 Å². The molecule has 0 spiro atoms. The van der Waals surface area contributed by atoms with Crippen LogP contribution in [0.15, 0.2) is 36.4 Å². The van der Waals surface area contributed by atoms with Crippen molar-refractivity contribution in [1.29, 1.82) is 0 Å². The Hall–Kier alpha value is -0.600.